The molecule has 2 aromatic carbocycles. The van der Waals surface area contributed by atoms with Gasteiger partial charge in [-0.05, 0) is 68.5 Å². The molecule has 3 rings (SSSR count). The Kier molecular flexibility index (Phi) is 6.65. The van der Waals surface area contributed by atoms with Crippen LogP contribution in [0.4, 0.5) is 17.1 Å². The molecule has 1 saturated carbocycles. The van der Waals surface area contributed by atoms with E-state index in [9.17, 15) is 14.4 Å². The third-order valence-electron chi connectivity index (χ3n) is 5.20. The second-order valence-electron chi connectivity index (χ2n) is 7.66. The van der Waals surface area contributed by atoms with Crippen LogP contribution in [0.25, 0.3) is 0 Å². The molecule has 0 bridgehead atoms. The van der Waals surface area contributed by atoms with E-state index in [-0.39, 0.29) is 29.6 Å². The number of aryl methyl sites for hydroxylation is 1. The van der Waals surface area contributed by atoms with Gasteiger partial charge in [0.2, 0.25) is 17.7 Å². The molecule has 3 N–H and O–H groups in total. The molecule has 2 aromatic rings. The average molecular weight is 393 g/mol. The highest BCUT2D eigenvalue weighted by Crippen LogP contribution is 2.31. The van der Waals surface area contributed by atoms with Gasteiger partial charge >= 0.3 is 0 Å². The van der Waals surface area contributed by atoms with Crippen molar-refractivity contribution in [2.24, 2.45) is 11.8 Å². The minimum absolute atomic E-state index is 0.0254. The highest BCUT2D eigenvalue weighted by atomic mass is 16.2. The molecular weight excluding hydrogens is 366 g/mol. The molecular formula is C23H27N3O3. The van der Waals surface area contributed by atoms with Crippen LogP contribution in [0, 0.1) is 18.8 Å². The average Bonchev–Trinajstić information content (AvgIpc) is 2.68. The fourth-order valence-corrected chi connectivity index (χ4v) is 3.71. The number of anilines is 3. The third kappa shape index (κ3) is 5.91. The molecule has 6 nitrogen and oxygen atoms in total. The summed E-state index contributed by atoms with van der Waals surface area (Å²) >= 11 is 0. The summed E-state index contributed by atoms with van der Waals surface area (Å²) in [5.41, 5.74) is 3.21. The van der Waals surface area contributed by atoms with Gasteiger partial charge < -0.3 is 16.0 Å². The number of amides is 3. The number of carbonyl (C=O) groups is 3. The fourth-order valence-electron chi connectivity index (χ4n) is 3.71. The van der Waals surface area contributed by atoms with Crippen LogP contribution in [0.5, 0.6) is 0 Å². The Hall–Kier alpha value is -3.15. The van der Waals surface area contributed by atoms with Crippen LogP contribution in [0.3, 0.4) is 0 Å². The van der Waals surface area contributed by atoms with Crippen LogP contribution in [-0.2, 0) is 14.4 Å². The van der Waals surface area contributed by atoms with Gasteiger partial charge in [0, 0.05) is 35.8 Å². The molecule has 0 spiro atoms. The first-order chi connectivity index (χ1) is 13.9. The lowest BCUT2D eigenvalue weighted by atomic mass is 9.81. The van der Waals surface area contributed by atoms with E-state index in [2.05, 4.69) is 16.0 Å². The van der Waals surface area contributed by atoms with Gasteiger partial charge in [0.15, 0.2) is 0 Å². The summed E-state index contributed by atoms with van der Waals surface area (Å²) in [6.07, 6.45) is 2.76. The molecule has 0 aliphatic heterocycles. The summed E-state index contributed by atoms with van der Waals surface area (Å²) in [7, 11) is 0. The second-order valence-corrected chi connectivity index (χ2v) is 7.66. The Morgan fingerprint density at radius 1 is 0.724 bits per heavy atom. The highest BCUT2D eigenvalue weighted by molar-refractivity contribution is 5.95. The van der Waals surface area contributed by atoms with E-state index < -0.39 is 0 Å². The molecule has 1 fully saturated rings. The molecule has 0 atom stereocenters. The predicted octanol–water partition coefficient (Wildman–Crippen LogP) is 4.34. The van der Waals surface area contributed by atoms with Gasteiger partial charge in [-0.25, -0.2) is 0 Å². The van der Waals surface area contributed by atoms with Crippen LogP contribution in [0.15, 0.2) is 48.5 Å². The topological polar surface area (TPSA) is 87.3 Å². The number of carbonyl (C=O) groups excluding carboxylic acids is 3. The minimum atomic E-state index is -0.157. The van der Waals surface area contributed by atoms with Crippen molar-refractivity contribution in [3.05, 3.63) is 54.1 Å². The standard InChI is InChI=1S/C23H27N3O3/c1-15-5-3-6-19(13-15)25-22(28)17-9-11-18(12-10-17)23(29)26-21-8-4-7-20(14-21)24-16(2)27/h3-8,13-14,17-18H,9-12H2,1-2H3,(H,24,27)(H,25,28)(H,26,29). The maximum atomic E-state index is 12.6. The van der Waals surface area contributed by atoms with Gasteiger partial charge in [0.05, 0.1) is 0 Å². The monoisotopic (exact) mass is 393 g/mol. The first kappa shape index (κ1) is 20.6. The molecule has 0 radical (unpaired) electrons. The Labute approximate surface area is 171 Å². The van der Waals surface area contributed by atoms with Gasteiger partial charge in [-0.15, -0.1) is 0 Å². The van der Waals surface area contributed by atoms with Crippen LogP contribution in [0.2, 0.25) is 0 Å². The fraction of sp³-hybridized carbons (Fsp3) is 0.348. The van der Waals surface area contributed by atoms with E-state index in [1.807, 2.05) is 31.2 Å². The predicted molar refractivity (Wildman–Crippen MR) is 115 cm³/mol. The number of rotatable bonds is 5. The minimum Gasteiger partial charge on any atom is -0.326 e. The molecule has 3 amide bonds. The summed E-state index contributed by atoms with van der Waals surface area (Å²) in [5, 5.41) is 8.61. The van der Waals surface area contributed by atoms with Gasteiger partial charge in [0.25, 0.3) is 0 Å². The van der Waals surface area contributed by atoms with Crippen LogP contribution >= 0.6 is 0 Å². The van der Waals surface area contributed by atoms with E-state index in [1.165, 1.54) is 6.92 Å². The van der Waals surface area contributed by atoms with E-state index in [0.717, 1.165) is 11.3 Å². The SMILES string of the molecule is CC(=O)Nc1cccc(NC(=O)C2CCC(C(=O)Nc3cccc(C)c3)CC2)c1. The number of benzene rings is 2. The Morgan fingerprint density at radius 3 is 1.66 bits per heavy atom. The molecule has 29 heavy (non-hydrogen) atoms. The summed E-state index contributed by atoms with van der Waals surface area (Å²) in [6, 6.07) is 14.8. The van der Waals surface area contributed by atoms with Gasteiger partial charge in [0.1, 0.15) is 0 Å². The zero-order chi connectivity index (χ0) is 20.8. The lowest BCUT2D eigenvalue weighted by molar-refractivity contribution is -0.125. The first-order valence-electron chi connectivity index (χ1n) is 9.97. The van der Waals surface area contributed by atoms with Crippen molar-refractivity contribution in [1.29, 1.82) is 0 Å². The molecule has 1 aliphatic rings. The maximum Gasteiger partial charge on any atom is 0.227 e. The second kappa shape index (κ2) is 9.37. The normalized spacial score (nSPS) is 18.6. The molecule has 0 saturated heterocycles. The largest absolute Gasteiger partial charge is 0.326 e. The van der Waals surface area contributed by atoms with Crippen LogP contribution in [-0.4, -0.2) is 17.7 Å². The Balaban J connectivity index is 1.50. The molecule has 1 aliphatic carbocycles. The van der Waals surface area contributed by atoms with E-state index in [4.69, 9.17) is 0 Å². The molecule has 0 aromatic heterocycles. The van der Waals surface area contributed by atoms with E-state index in [0.29, 0.717) is 37.1 Å². The zero-order valence-corrected chi connectivity index (χ0v) is 16.8. The Morgan fingerprint density at radius 2 is 1.17 bits per heavy atom. The van der Waals surface area contributed by atoms with Crippen molar-refractivity contribution in [3.63, 3.8) is 0 Å². The van der Waals surface area contributed by atoms with Gasteiger partial charge in [-0.2, -0.15) is 0 Å². The quantitative estimate of drug-likeness (QED) is 0.706. The highest BCUT2D eigenvalue weighted by Gasteiger charge is 2.30. The van der Waals surface area contributed by atoms with Crippen molar-refractivity contribution in [2.45, 2.75) is 39.5 Å². The first-order valence-corrected chi connectivity index (χ1v) is 9.97. The lowest BCUT2D eigenvalue weighted by Gasteiger charge is -2.27. The van der Waals surface area contributed by atoms with Crippen molar-refractivity contribution >= 4 is 34.8 Å². The van der Waals surface area contributed by atoms with Crippen molar-refractivity contribution in [2.75, 3.05) is 16.0 Å². The number of hydrogen-bond donors (Lipinski definition) is 3. The van der Waals surface area contributed by atoms with E-state index >= 15 is 0 Å². The smallest absolute Gasteiger partial charge is 0.227 e. The van der Waals surface area contributed by atoms with Crippen molar-refractivity contribution < 1.29 is 14.4 Å². The van der Waals surface area contributed by atoms with E-state index in [1.54, 1.807) is 24.3 Å². The van der Waals surface area contributed by atoms with Crippen LogP contribution in [0.1, 0.15) is 38.2 Å². The molecule has 0 unspecified atom stereocenters. The molecule has 6 heteroatoms. The van der Waals surface area contributed by atoms with Crippen molar-refractivity contribution in [1.82, 2.24) is 0 Å². The van der Waals surface area contributed by atoms with Gasteiger partial charge in [-0.1, -0.05) is 18.2 Å². The summed E-state index contributed by atoms with van der Waals surface area (Å²) in [5.74, 6) is -0.346. The summed E-state index contributed by atoms with van der Waals surface area (Å²) in [6.45, 7) is 3.43. The maximum absolute atomic E-state index is 12.6. The molecule has 152 valence electrons. The van der Waals surface area contributed by atoms with Gasteiger partial charge in [-0.3, -0.25) is 14.4 Å². The third-order valence-corrected chi connectivity index (χ3v) is 5.20. The lowest BCUT2D eigenvalue weighted by Crippen LogP contribution is -2.32. The zero-order valence-electron chi connectivity index (χ0n) is 16.8. The van der Waals surface area contributed by atoms with Crippen LogP contribution < -0.4 is 16.0 Å². The Bertz CT molecular complexity index is 902. The summed E-state index contributed by atoms with van der Waals surface area (Å²) < 4.78 is 0. The summed E-state index contributed by atoms with van der Waals surface area (Å²) in [4.78, 5) is 36.3. The van der Waals surface area contributed by atoms with Crippen molar-refractivity contribution in [3.8, 4) is 0 Å². The molecule has 0 heterocycles. The number of nitrogens with one attached hydrogen (secondary N) is 3. The number of hydrogen-bond acceptors (Lipinski definition) is 3.